The average Bonchev–Trinajstić information content (AvgIpc) is 2.77. The Kier molecular flexibility index (Phi) is 2.41. The van der Waals surface area contributed by atoms with Crippen LogP contribution in [0.1, 0.15) is 0 Å². The van der Waals surface area contributed by atoms with Crippen molar-refractivity contribution in [2.75, 3.05) is 7.11 Å². The van der Waals surface area contributed by atoms with E-state index in [4.69, 9.17) is 4.74 Å². The van der Waals surface area contributed by atoms with Gasteiger partial charge in [-0.3, -0.25) is 0 Å². The molecule has 1 aromatic heterocycles. The number of aromatic nitrogens is 2. The molecule has 4 heteroatoms. The maximum Gasteiger partial charge on any atom is 0.118 e. The van der Waals surface area contributed by atoms with Crippen LogP contribution in [0.2, 0.25) is 0 Å². The standard InChI is InChI=1S/C14H12N2O2/c1-18-11-8-6-10(7-9-11)14-12-4-2-3-5-13(12)16(17)15-14/h2-9,17H,1H3. The van der Waals surface area contributed by atoms with Crippen molar-refractivity contribution in [3.63, 3.8) is 0 Å². The largest absolute Gasteiger partial charge is 0.497 e. The van der Waals surface area contributed by atoms with Crippen molar-refractivity contribution >= 4 is 10.9 Å². The van der Waals surface area contributed by atoms with E-state index >= 15 is 0 Å². The second-order valence-corrected chi connectivity index (χ2v) is 3.98. The zero-order valence-electron chi connectivity index (χ0n) is 9.87. The minimum Gasteiger partial charge on any atom is -0.497 e. The van der Waals surface area contributed by atoms with Gasteiger partial charge in [0.25, 0.3) is 0 Å². The molecule has 0 spiro atoms. The number of ether oxygens (including phenoxy) is 1. The van der Waals surface area contributed by atoms with Gasteiger partial charge in [0.1, 0.15) is 17.0 Å². The Morgan fingerprint density at radius 3 is 2.50 bits per heavy atom. The van der Waals surface area contributed by atoms with Crippen LogP contribution >= 0.6 is 0 Å². The summed E-state index contributed by atoms with van der Waals surface area (Å²) in [5.74, 6) is 0.798. The number of nitrogens with zero attached hydrogens (tertiary/aromatic N) is 2. The highest BCUT2D eigenvalue weighted by Crippen LogP contribution is 2.28. The Morgan fingerprint density at radius 2 is 1.78 bits per heavy atom. The molecule has 0 aliphatic rings. The van der Waals surface area contributed by atoms with Crippen LogP contribution < -0.4 is 4.74 Å². The predicted molar refractivity (Wildman–Crippen MR) is 68.9 cm³/mol. The molecule has 1 heterocycles. The van der Waals surface area contributed by atoms with Crippen LogP contribution in [0.4, 0.5) is 0 Å². The van der Waals surface area contributed by atoms with Gasteiger partial charge in [0.15, 0.2) is 0 Å². The molecular formula is C14H12N2O2. The highest BCUT2D eigenvalue weighted by molar-refractivity contribution is 5.93. The topological polar surface area (TPSA) is 47.3 Å². The number of methoxy groups -OCH3 is 1. The van der Waals surface area contributed by atoms with Gasteiger partial charge in [0.05, 0.1) is 7.11 Å². The smallest absolute Gasteiger partial charge is 0.118 e. The first-order chi connectivity index (χ1) is 8.79. The summed E-state index contributed by atoms with van der Waals surface area (Å²) in [7, 11) is 1.63. The normalized spacial score (nSPS) is 10.7. The van der Waals surface area contributed by atoms with Gasteiger partial charge in [0.2, 0.25) is 0 Å². The third-order valence-electron chi connectivity index (χ3n) is 2.93. The summed E-state index contributed by atoms with van der Waals surface area (Å²) >= 11 is 0. The van der Waals surface area contributed by atoms with Crippen LogP contribution in [0, 0.1) is 0 Å². The van der Waals surface area contributed by atoms with Crippen molar-refractivity contribution in [1.29, 1.82) is 0 Å². The van der Waals surface area contributed by atoms with Gasteiger partial charge in [-0.25, -0.2) is 0 Å². The van der Waals surface area contributed by atoms with Crippen LogP contribution in [0.5, 0.6) is 5.75 Å². The van der Waals surface area contributed by atoms with Crippen molar-refractivity contribution in [2.45, 2.75) is 0 Å². The Morgan fingerprint density at radius 1 is 1.06 bits per heavy atom. The molecule has 3 rings (SSSR count). The minimum absolute atomic E-state index is 0.698. The van der Waals surface area contributed by atoms with E-state index in [1.54, 1.807) is 7.11 Å². The molecule has 0 saturated heterocycles. The molecule has 0 aliphatic carbocycles. The first-order valence-electron chi connectivity index (χ1n) is 5.61. The molecule has 0 bridgehead atoms. The molecule has 2 aromatic carbocycles. The summed E-state index contributed by atoms with van der Waals surface area (Å²) in [6.07, 6.45) is 0. The lowest BCUT2D eigenvalue weighted by molar-refractivity contribution is 0.162. The van der Waals surface area contributed by atoms with Crippen LogP contribution in [-0.4, -0.2) is 22.3 Å². The number of fused-ring (bicyclic) bond motifs is 1. The van der Waals surface area contributed by atoms with Gasteiger partial charge in [-0.1, -0.05) is 18.2 Å². The SMILES string of the molecule is COc1ccc(-c2nn(O)c3ccccc23)cc1. The van der Waals surface area contributed by atoms with Crippen LogP contribution in [-0.2, 0) is 0 Å². The van der Waals surface area contributed by atoms with E-state index in [1.807, 2.05) is 48.5 Å². The van der Waals surface area contributed by atoms with Gasteiger partial charge in [-0.2, -0.15) is 0 Å². The van der Waals surface area contributed by atoms with E-state index in [-0.39, 0.29) is 0 Å². The highest BCUT2D eigenvalue weighted by Gasteiger charge is 2.11. The highest BCUT2D eigenvalue weighted by atomic mass is 16.5. The molecule has 0 aliphatic heterocycles. The predicted octanol–water partition coefficient (Wildman–Crippen LogP) is 2.95. The second-order valence-electron chi connectivity index (χ2n) is 3.98. The number of hydrogen-bond donors (Lipinski definition) is 1. The second kappa shape index (κ2) is 4.07. The van der Waals surface area contributed by atoms with Gasteiger partial charge >= 0.3 is 0 Å². The fourth-order valence-corrected chi connectivity index (χ4v) is 2.01. The van der Waals surface area contributed by atoms with Crippen molar-refractivity contribution in [2.24, 2.45) is 0 Å². The molecule has 1 N–H and O–H groups in total. The quantitative estimate of drug-likeness (QED) is 0.700. The molecule has 4 nitrogen and oxygen atoms in total. The zero-order chi connectivity index (χ0) is 12.5. The van der Waals surface area contributed by atoms with E-state index < -0.39 is 0 Å². The van der Waals surface area contributed by atoms with E-state index in [9.17, 15) is 5.21 Å². The third kappa shape index (κ3) is 1.59. The lowest BCUT2D eigenvalue weighted by Gasteiger charge is -2.01. The van der Waals surface area contributed by atoms with E-state index in [1.165, 1.54) is 0 Å². The Labute approximate surface area is 104 Å². The maximum atomic E-state index is 9.73. The number of rotatable bonds is 2. The molecule has 18 heavy (non-hydrogen) atoms. The van der Waals surface area contributed by atoms with E-state index in [2.05, 4.69) is 5.10 Å². The number of hydrogen-bond acceptors (Lipinski definition) is 3. The molecule has 0 atom stereocenters. The molecule has 3 aromatic rings. The van der Waals surface area contributed by atoms with Gasteiger partial charge in [-0.05, 0) is 30.3 Å². The molecule has 90 valence electrons. The maximum absolute atomic E-state index is 9.73. The first kappa shape index (κ1) is 10.7. The van der Waals surface area contributed by atoms with Crippen LogP contribution in [0.3, 0.4) is 0 Å². The Bertz CT molecular complexity index is 687. The summed E-state index contributed by atoms with van der Waals surface area (Å²) in [5.41, 5.74) is 2.40. The Balaban J connectivity index is 2.18. The summed E-state index contributed by atoms with van der Waals surface area (Å²) in [4.78, 5) is 0.912. The van der Waals surface area contributed by atoms with Crippen molar-refractivity contribution in [1.82, 2.24) is 9.94 Å². The average molecular weight is 240 g/mol. The molecule has 0 fully saturated rings. The van der Waals surface area contributed by atoms with Gasteiger partial charge < -0.3 is 9.94 Å². The monoisotopic (exact) mass is 240 g/mol. The summed E-state index contributed by atoms with van der Waals surface area (Å²) in [5, 5.41) is 14.8. The van der Waals surface area contributed by atoms with Crippen molar-refractivity contribution in [3.05, 3.63) is 48.5 Å². The fraction of sp³-hybridized carbons (Fsp3) is 0.0714. The molecule has 0 amide bonds. The van der Waals surface area contributed by atoms with E-state index in [0.29, 0.717) is 5.52 Å². The van der Waals surface area contributed by atoms with E-state index in [0.717, 1.165) is 27.2 Å². The molecule has 0 radical (unpaired) electrons. The lowest BCUT2D eigenvalue weighted by atomic mass is 10.1. The lowest BCUT2D eigenvalue weighted by Crippen LogP contribution is -1.91. The van der Waals surface area contributed by atoms with Crippen molar-refractivity contribution in [3.8, 4) is 17.0 Å². The third-order valence-corrected chi connectivity index (χ3v) is 2.93. The van der Waals surface area contributed by atoms with Crippen molar-refractivity contribution < 1.29 is 9.94 Å². The Hall–Kier alpha value is -2.49. The number of benzene rings is 2. The van der Waals surface area contributed by atoms with Crippen LogP contribution in [0.15, 0.2) is 48.5 Å². The summed E-state index contributed by atoms with van der Waals surface area (Å²) in [6.45, 7) is 0. The fourth-order valence-electron chi connectivity index (χ4n) is 2.01. The zero-order valence-corrected chi connectivity index (χ0v) is 9.87. The molecule has 0 saturated carbocycles. The van der Waals surface area contributed by atoms with Gasteiger partial charge in [-0.15, -0.1) is 9.94 Å². The minimum atomic E-state index is 0.698. The summed E-state index contributed by atoms with van der Waals surface area (Å²) < 4.78 is 5.12. The van der Waals surface area contributed by atoms with Gasteiger partial charge in [0, 0.05) is 10.9 Å². The molecule has 0 unspecified atom stereocenters. The first-order valence-corrected chi connectivity index (χ1v) is 5.61. The van der Waals surface area contributed by atoms with Crippen LogP contribution in [0.25, 0.3) is 22.2 Å². The number of para-hydroxylation sites is 1. The summed E-state index contributed by atoms with van der Waals surface area (Å²) in [6, 6.07) is 15.2. The molecular weight excluding hydrogens is 228 g/mol.